The van der Waals surface area contributed by atoms with Crippen LogP contribution in [0.4, 0.5) is 0 Å². The first-order chi connectivity index (χ1) is 12.9. The highest BCUT2D eigenvalue weighted by molar-refractivity contribution is 7.91. The molecule has 144 valence electrons. The van der Waals surface area contributed by atoms with E-state index in [1.54, 1.807) is 12.1 Å². The molecule has 0 unspecified atom stereocenters. The van der Waals surface area contributed by atoms with Gasteiger partial charge in [0.15, 0.2) is 9.84 Å². The second-order valence-electron chi connectivity index (χ2n) is 6.11. The molecular formula is C21H23ClO4S. The minimum atomic E-state index is -3.52. The van der Waals surface area contributed by atoms with E-state index in [9.17, 15) is 13.2 Å². The number of carbonyl (C=O) groups excluding carboxylic acids is 1. The van der Waals surface area contributed by atoms with Crippen molar-refractivity contribution in [3.63, 3.8) is 0 Å². The average molecular weight is 407 g/mol. The van der Waals surface area contributed by atoms with Gasteiger partial charge < -0.3 is 4.74 Å². The highest BCUT2D eigenvalue weighted by Gasteiger charge is 2.22. The normalized spacial score (nSPS) is 11.6. The molecule has 0 N–H and O–H groups in total. The van der Waals surface area contributed by atoms with Crippen molar-refractivity contribution in [1.82, 2.24) is 0 Å². The quantitative estimate of drug-likeness (QED) is 0.425. The van der Waals surface area contributed by atoms with Crippen LogP contribution >= 0.6 is 11.6 Å². The summed E-state index contributed by atoms with van der Waals surface area (Å²) in [5.74, 6) is -0.622. The van der Waals surface area contributed by atoms with Gasteiger partial charge in [0.05, 0.1) is 23.3 Å². The van der Waals surface area contributed by atoms with Gasteiger partial charge in [0.1, 0.15) is 0 Å². The van der Waals surface area contributed by atoms with Gasteiger partial charge >= 0.3 is 5.97 Å². The van der Waals surface area contributed by atoms with E-state index >= 15 is 0 Å². The van der Waals surface area contributed by atoms with Gasteiger partial charge in [0.25, 0.3) is 0 Å². The zero-order valence-corrected chi connectivity index (χ0v) is 16.8. The number of unbranched alkanes of at least 4 members (excludes halogenated alkanes) is 3. The molecule has 0 aromatic heterocycles. The van der Waals surface area contributed by atoms with Crippen LogP contribution in [0, 0.1) is 0 Å². The van der Waals surface area contributed by atoms with E-state index in [0.717, 1.165) is 24.8 Å². The lowest BCUT2D eigenvalue weighted by molar-refractivity contribution is 0.0596. The molecule has 0 saturated carbocycles. The Morgan fingerprint density at radius 3 is 2.44 bits per heavy atom. The van der Waals surface area contributed by atoms with Gasteiger partial charge in [-0.2, -0.15) is 0 Å². The van der Waals surface area contributed by atoms with E-state index < -0.39 is 15.8 Å². The standard InChI is InChI=1S/C21H23ClO4S/c1-26-21(23)19-10-6-7-11-20(19)27(24,25)16-8-4-2-3-5-9-17-12-14-18(22)15-13-17/h5-7,9-15H,2-4,8,16H2,1H3. The summed E-state index contributed by atoms with van der Waals surface area (Å²) in [6, 6.07) is 13.8. The van der Waals surface area contributed by atoms with E-state index in [4.69, 9.17) is 11.6 Å². The number of hydrogen-bond donors (Lipinski definition) is 0. The molecule has 2 rings (SSSR count). The van der Waals surface area contributed by atoms with Crippen molar-refractivity contribution in [2.75, 3.05) is 12.9 Å². The molecule has 0 radical (unpaired) electrons. The van der Waals surface area contributed by atoms with Crippen molar-refractivity contribution in [2.24, 2.45) is 0 Å². The minimum Gasteiger partial charge on any atom is -0.465 e. The van der Waals surface area contributed by atoms with Gasteiger partial charge in [-0.1, -0.05) is 54.4 Å². The third-order valence-corrected chi connectivity index (χ3v) is 6.20. The Bertz CT molecular complexity index is 887. The second-order valence-corrected chi connectivity index (χ2v) is 8.62. The fraction of sp³-hybridized carbons (Fsp3) is 0.286. The molecule has 2 aromatic rings. The predicted octanol–water partition coefficient (Wildman–Crippen LogP) is 5.17. The van der Waals surface area contributed by atoms with Crippen molar-refractivity contribution in [1.29, 1.82) is 0 Å². The van der Waals surface area contributed by atoms with Gasteiger partial charge in [-0.15, -0.1) is 0 Å². The van der Waals surface area contributed by atoms with E-state index in [1.807, 2.05) is 30.3 Å². The van der Waals surface area contributed by atoms with Crippen LogP contribution in [-0.2, 0) is 14.6 Å². The van der Waals surface area contributed by atoms with Crippen LogP contribution in [0.5, 0.6) is 0 Å². The van der Waals surface area contributed by atoms with Crippen LogP contribution < -0.4 is 0 Å². The lowest BCUT2D eigenvalue weighted by Gasteiger charge is -2.08. The Hall–Kier alpha value is -2.11. The molecule has 0 aliphatic heterocycles. The Morgan fingerprint density at radius 1 is 1.04 bits per heavy atom. The van der Waals surface area contributed by atoms with E-state index in [1.165, 1.54) is 19.2 Å². The number of allylic oxidation sites excluding steroid dienone is 1. The molecule has 6 heteroatoms. The first-order valence-corrected chi connectivity index (χ1v) is 10.8. The van der Waals surface area contributed by atoms with Crippen molar-refractivity contribution < 1.29 is 17.9 Å². The van der Waals surface area contributed by atoms with E-state index in [0.29, 0.717) is 11.4 Å². The third kappa shape index (κ3) is 6.52. The van der Waals surface area contributed by atoms with Gasteiger partial charge in [0, 0.05) is 5.02 Å². The van der Waals surface area contributed by atoms with Crippen LogP contribution in [0.15, 0.2) is 59.5 Å². The molecule has 0 aliphatic carbocycles. The lowest BCUT2D eigenvalue weighted by Crippen LogP contribution is -2.13. The maximum Gasteiger partial charge on any atom is 0.339 e. The zero-order chi connectivity index (χ0) is 19.7. The Labute approximate surface area is 165 Å². The SMILES string of the molecule is COC(=O)c1ccccc1S(=O)(=O)CCCCCC=Cc1ccc(Cl)cc1. The molecule has 2 aromatic carbocycles. The van der Waals surface area contributed by atoms with Crippen molar-refractivity contribution in [3.8, 4) is 0 Å². The lowest BCUT2D eigenvalue weighted by atomic mass is 10.1. The van der Waals surface area contributed by atoms with Gasteiger partial charge in [-0.3, -0.25) is 0 Å². The topological polar surface area (TPSA) is 60.4 Å². The number of halogens is 1. The number of rotatable bonds is 9. The number of sulfone groups is 1. The predicted molar refractivity (Wildman–Crippen MR) is 109 cm³/mol. The van der Waals surface area contributed by atoms with Crippen LogP contribution in [0.3, 0.4) is 0 Å². The minimum absolute atomic E-state index is 0.0158. The van der Waals surface area contributed by atoms with E-state index in [-0.39, 0.29) is 16.2 Å². The molecule has 27 heavy (non-hydrogen) atoms. The summed E-state index contributed by atoms with van der Waals surface area (Å²) >= 11 is 5.85. The summed E-state index contributed by atoms with van der Waals surface area (Å²) < 4.78 is 29.8. The molecule has 0 spiro atoms. The summed E-state index contributed by atoms with van der Waals surface area (Å²) in [5.41, 5.74) is 1.17. The number of carbonyl (C=O) groups is 1. The Morgan fingerprint density at radius 2 is 1.74 bits per heavy atom. The van der Waals surface area contributed by atoms with E-state index in [2.05, 4.69) is 10.8 Å². The van der Waals surface area contributed by atoms with Crippen molar-refractivity contribution in [2.45, 2.75) is 30.6 Å². The number of hydrogen-bond acceptors (Lipinski definition) is 4. The Kier molecular flexibility index (Phi) is 8.07. The Balaban J connectivity index is 1.81. The summed E-state index contributed by atoms with van der Waals surface area (Å²) in [7, 11) is -2.28. The summed E-state index contributed by atoms with van der Waals surface area (Å²) in [5, 5.41) is 0.710. The first-order valence-electron chi connectivity index (χ1n) is 8.76. The highest BCUT2D eigenvalue weighted by atomic mass is 35.5. The third-order valence-electron chi connectivity index (χ3n) is 4.09. The molecule has 0 atom stereocenters. The number of ether oxygens (including phenoxy) is 1. The maximum atomic E-state index is 12.5. The molecule has 0 saturated heterocycles. The largest absolute Gasteiger partial charge is 0.465 e. The van der Waals surface area contributed by atoms with Crippen LogP contribution in [0.25, 0.3) is 6.08 Å². The molecule has 0 amide bonds. The summed E-state index contributed by atoms with van der Waals surface area (Å²) in [6.45, 7) is 0. The van der Waals surface area contributed by atoms with Gasteiger partial charge in [0.2, 0.25) is 0 Å². The van der Waals surface area contributed by atoms with Crippen molar-refractivity contribution >= 4 is 33.5 Å². The maximum absolute atomic E-state index is 12.5. The van der Waals surface area contributed by atoms with Crippen molar-refractivity contribution in [3.05, 3.63) is 70.8 Å². The van der Waals surface area contributed by atoms with Crippen LogP contribution in [0.2, 0.25) is 5.02 Å². The summed E-state index contributed by atoms with van der Waals surface area (Å²) in [4.78, 5) is 11.8. The number of benzene rings is 2. The fourth-order valence-corrected chi connectivity index (χ4v) is 4.35. The summed E-state index contributed by atoms with van der Waals surface area (Å²) in [6.07, 6.45) is 7.22. The van der Waals surface area contributed by atoms with Gasteiger partial charge in [-0.25, -0.2) is 13.2 Å². The fourth-order valence-electron chi connectivity index (χ4n) is 2.65. The monoisotopic (exact) mass is 406 g/mol. The zero-order valence-electron chi connectivity index (χ0n) is 15.2. The molecule has 0 bridgehead atoms. The first kappa shape index (κ1) is 21.2. The molecule has 0 heterocycles. The van der Waals surface area contributed by atoms with Crippen LogP contribution in [-0.4, -0.2) is 27.2 Å². The second kappa shape index (κ2) is 10.3. The average Bonchev–Trinajstić information content (AvgIpc) is 2.68. The molecule has 4 nitrogen and oxygen atoms in total. The molecule has 0 fully saturated rings. The molecule has 0 aliphatic rings. The number of esters is 1. The smallest absolute Gasteiger partial charge is 0.339 e. The number of methoxy groups -OCH3 is 1. The highest BCUT2D eigenvalue weighted by Crippen LogP contribution is 2.19. The van der Waals surface area contributed by atoms with Crippen LogP contribution in [0.1, 0.15) is 41.6 Å². The van der Waals surface area contributed by atoms with Gasteiger partial charge in [-0.05, 0) is 49.1 Å². The molecular weight excluding hydrogens is 384 g/mol.